The van der Waals surface area contributed by atoms with Gasteiger partial charge in [-0.25, -0.2) is 0 Å². The molecule has 1 heterocycles. The fourth-order valence-electron chi connectivity index (χ4n) is 2.28. The molecular formula is C12H26N2O. The second-order valence-corrected chi connectivity index (χ2v) is 5.15. The Morgan fingerprint density at radius 2 is 2.20 bits per heavy atom. The van der Waals surface area contributed by atoms with E-state index in [1.807, 2.05) is 0 Å². The molecule has 0 radical (unpaired) electrons. The first kappa shape index (κ1) is 12.9. The average Bonchev–Trinajstić information content (AvgIpc) is 2.19. The van der Waals surface area contributed by atoms with Gasteiger partial charge in [-0.15, -0.1) is 0 Å². The van der Waals surface area contributed by atoms with Crippen molar-refractivity contribution < 1.29 is 4.74 Å². The van der Waals surface area contributed by atoms with Gasteiger partial charge in [0.2, 0.25) is 0 Å². The van der Waals surface area contributed by atoms with Gasteiger partial charge in [0.1, 0.15) is 0 Å². The van der Waals surface area contributed by atoms with Crippen molar-refractivity contribution in [3.05, 3.63) is 0 Å². The largest absolute Gasteiger partial charge is 0.379 e. The van der Waals surface area contributed by atoms with Crippen LogP contribution in [0.1, 0.15) is 27.2 Å². The van der Waals surface area contributed by atoms with Crippen molar-refractivity contribution in [2.45, 2.75) is 33.2 Å². The topological polar surface area (TPSA) is 38.5 Å². The smallest absolute Gasteiger partial charge is 0.0619 e. The molecule has 1 aliphatic rings. The van der Waals surface area contributed by atoms with Crippen LogP contribution in [-0.2, 0) is 4.74 Å². The van der Waals surface area contributed by atoms with Gasteiger partial charge >= 0.3 is 0 Å². The quantitative estimate of drug-likeness (QED) is 0.750. The molecule has 90 valence electrons. The van der Waals surface area contributed by atoms with E-state index in [0.29, 0.717) is 12.0 Å². The zero-order valence-electron chi connectivity index (χ0n) is 10.4. The summed E-state index contributed by atoms with van der Waals surface area (Å²) in [5, 5.41) is 0. The van der Waals surface area contributed by atoms with Crippen LogP contribution in [-0.4, -0.2) is 43.8 Å². The second-order valence-electron chi connectivity index (χ2n) is 5.15. The lowest BCUT2D eigenvalue weighted by molar-refractivity contribution is -0.00790. The molecule has 0 aromatic heterocycles. The van der Waals surface area contributed by atoms with Gasteiger partial charge in [-0.05, 0) is 31.7 Å². The summed E-state index contributed by atoms with van der Waals surface area (Å²) in [6, 6.07) is 0.556. The summed E-state index contributed by atoms with van der Waals surface area (Å²) < 4.78 is 5.44. The summed E-state index contributed by atoms with van der Waals surface area (Å²) in [4.78, 5) is 2.52. The molecule has 0 aliphatic carbocycles. The van der Waals surface area contributed by atoms with Crippen molar-refractivity contribution >= 4 is 0 Å². The zero-order valence-corrected chi connectivity index (χ0v) is 10.4. The maximum absolute atomic E-state index is 5.83. The normalized spacial score (nSPS) is 25.8. The number of hydrogen-bond acceptors (Lipinski definition) is 3. The van der Waals surface area contributed by atoms with Crippen molar-refractivity contribution in [1.82, 2.24) is 4.90 Å². The number of nitrogens with zero attached hydrogens (tertiary/aromatic N) is 1. The maximum Gasteiger partial charge on any atom is 0.0619 e. The first-order valence-electron chi connectivity index (χ1n) is 6.15. The molecular weight excluding hydrogens is 188 g/mol. The summed E-state index contributed by atoms with van der Waals surface area (Å²) >= 11 is 0. The van der Waals surface area contributed by atoms with E-state index in [1.54, 1.807) is 0 Å². The van der Waals surface area contributed by atoms with Crippen LogP contribution in [0, 0.1) is 11.8 Å². The van der Waals surface area contributed by atoms with Crippen molar-refractivity contribution in [3.63, 3.8) is 0 Å². The molecule has 0 amide bonds. The number of rotatable bonds is 5. The second kappa shape index (κ2) is 6.46. The zero-order chi connectivity index (χ0) is 11.3. The van der Waals surface area contributed by atoms with Crippen molar-refractivity contribution in [2.24, 2.45) is 17.6 Å². The first-order valence-corrected chi connectivity index (χ1v) is 6.15. The van der Waals surface area contributed by atoms with Crippen LogP contribution in [0.4, 0.5) is 0 Å². The molecule has 0 bridgehead atoms. The third kappa shape index (κ3) is 4.49. The number of nitrogens with two attached hydrogens (primary N) is 1. The molecule has 2 unspecified atom stereocenters. The van der Waals surface area contributed by atoms with Crippen LogP contribution in [0.2, 0.25) is 0 Å². The molecule has 0 aromatic carbocycles. The van der Waals surface area contributed by atoms with Gasteiger partial charge in [0.15, 0.2) is 0 Å². The predicted octanol–water partition coefficient (Wildman–Crippen LogP) is 1.33. The maximum atomic E-state index is 5.83. The van der Waals surface area contributed by atoms with Gasteiger partial charge < -0.3 is 10.5 Å². The Morgan fingerprint density at radius 3 is 2.73 bits per heavy atom. The first-order chi connectivity index (χ1) is 7.13. The van der Waals surface area contributed by atoms with Gasteiger partial charge in [-0.1, -0.05) is 13.8 Å². The summed E-state index contributed by atoms with van der Waals surface area (Å²) in [5.41, 5.74) is 5.83. The van der Waals surface area contributed by atoms with E-state index in [2.05, 4.69) is 25.7 Å². The monoisotopic (exact) mass is 214 g/mol. The van der Waals surface area contributed by atoms with Crippen LogP contribution in [0.3, 0.4) is 0 Å². The number of hydrogen-bond donors (Lipinski definition) is 1. The highest BCUT2D eigenvalue weighted by atomic mass is 16.5. The fourth-order valence-corrected chi connectivity index (χ4v) is 2.28. The highest BCUT2D eigenvalue weighted by Gasteiger charge is 2.21. The molecule has 1 saturated heterocycles. The highest BCUT2D eigenvalue weighted by molar-refractivity contribution is 4.75. The van der Waals surface area contributed by atoms with Gasteiger partial charge in [0, 0.05) is 19.1 Å². The Bertz CT molecular complexity index is 173. The molecule has 0 spiro atoms. The number of morpholine rings is 1. The molecule has 1 fully saturated rings. The summed E-state index contributed by atoms with van der Waals surface area (Å²) in [5.74, 6) is 1.39. The molecule has 2 N–H and O–H groups in total. The van der Waals surface area contributed by atoms with Gasteiger partial charge in [-0.3, -0.25) is 4.90 Å². The van der Waals surface area contributed by atoms with Crippen molar-refractivity contribution in [1.29, 1.82) is 0 Å². The lowest BCUT2D eigenvalue weighted by atomic mass is 9.96. The Kier molecular flexibility index (Phi) is 5.58. The third-order valence-corrected chi connectivity index (χ3v) is 3.14. The standard InChI is InChI=1S/C12H26N2O/c1-10(2)6-12(7-13)8-14-4-5-15-9-11(14)3/h10-12H,4-9,13H2,1-3H3. The molecule has 3 heteroatoms. The van der Waals surface area contributed by atoms with E-state index in [1.165, 1.54) is 6.42 Å². The SMILES string of the molecule is CC(C)CC(CN)CN1CCOCC1C. The fraction of sp³-hybridized carbons (Fsp3) is 1.00. The lowest BCUT2D eigenvalue weighted by Crippen LogP contribution is -2.46. The Balaban J connectivity index is 2.35. The molecule has 0 saturated carbocycles. The van der Waals surface area contributed by atoms with E-state index >= 15 is 0 Å². The lowest BCUT2D eigenvalue weighted by Gasteiger charge is -2.35. The highest BCUT2D eigenvalue weighted by Crippen LogP contribution is 2.15. The molecule has 2 atom stereocenters. The van der Waals surface area contributed by atoms with Gasteiger partial charge in [-0.2, -0.15) is 0 Å². The number of ether oxygens (including phenoxy) is 1. The summed E-state index contributed by atoms with van der Waals surface area (Å²) in [6.45, 7) is 11.5. The van der Waals surface area contributed by atoms with Crippen LogP contribution < -0.4 is 5.73 Å². The summed E-state index contributed by atoms with van der Waals surface area (Å²) in [6.07, 6.45) is 1.24. The Morgan fingerprint density at radius 1 is 1.47 bits per heavy atom. The van der Waals surface area contributed by atoms with Crippen molar-refractivity contribution in [3.8, 4) is 0 Å². The molecule has 15 heavy (non-hydrogen) atoms. The molecule has 0 aromatic rings. The minimum Gasteiger partial charge on any atom is -0.379 e. The van der Waals surface area contributed by atoms with Crippen LogP contribution in [0.5, 0.6) is 0 Å². The van der Waals surface area contributed by atoms with Gasteiger partial charge in [0.25, 0.3) is 0 Å². The molecule has 1 rings (SSSR count). The van der Waals surface area contributed by atoms with Crippen LogP contribution >= 0.6 is 0 Å². The average molecular weight is 214 g/mol. The Hall–Kier alpha value is -0.120. The van der Waals surface area contributed by atoms with Crippen molar-refractivity contribution in [2.75, 3.05) is 32.8 Å². The minimum atomic E-state index is 0.556. The predicted molar refractivity (Wildman–Crippen MR) is 63.9 cm³/mol. The summed E-state index contributed by atoms with van der Waals surface area (Å²) in [7, 11) is 0. The molecule has 1 aliphatic heterocycles. The van der Waals surface area contributed by atoms with E-state index in [9.17, 15) is 0 Å². The minimum absolute atomic E-state index is 0.556. The van der Waals surface area contributed by atoms with E-state index in [0.717, 1.165) is 38.8 Å². The van der Waals surface area contributed by atoms with E-state index in [-0.39, 0.29) is 0 Å². The Labute approximate surface area is 94.0 Å². The van der Waals surface area contributed by atoms with Crippen LogP contribution in [0.25, 0.3) is 0 Å². The third-order valence-electron chi connectivity index (χ3n) is 3.14. The van der Waals surface area contributed by atoms with Gasteiger partial charge in [0.05, 0.1) is 13.2 Å². The van der Waals surface area contributed by atoms with Crippen LogP contribution in [0.15, 0.2) is 0 Å². The molecule has 3 nitrogen and oxygen atoms in total. The van der Waals surface area contributed by atoms with E-state index < -0.39 is 0 Å². The van der Waals surface area contributed by atoms with E-state index in [4.69, 9.17) is 10.5 Å².